The molecule has 1 aliphatic heterocycles. The Morgan fingerprint density at radius 3 is 2.29 bits per heavy atom. The van der Waals surface area contributed by atoms with Gasteiger partial charge in [0.15, 0.2) is 5.76 Å². The van der Waals surface area contributed by atoms with Gasteiger partial charge in [0.2, 0.25) is 11.8 Å². The molecule has 7 nitrogen and oxygen atoms in total. The van der Waals surface area contributed by atoms with Crippen molar-refractivity contribution in [3.05, 3.63) is 29.3 Å². The van der Waals surface area contributed by atoms with Gasteiger partial charge in [-0.15, -0.1) is 10.2 Å². The lowest BCUT2D eigenvalue weighted by molar-refractivity contribution is 0.106. The van der Waals surface area contributed by atoms with E-state index in [1.807, 2.05) is 19.9 Å². The normalized spacial score (nSPS) is 17.4. The maximum Gasteiger partial charge on any atom is 0.230 e. The van der Waals surface area contributed by atoms with Gasteiger partial charge in [0.05, 0.1) is 18.8 Å². The summed E-state index contributed by atoms with van der Waals surface area (Å²) in [5.41, 5.74) is 0.937. The highest BCUT2D eigenvalue weighted by molar-refractivity contribution is 5.03. The van der Waals surface area contributed by atoms with Gasteiger partial charge >= 0.3 is 0 Å². The minimum atomic E-state index is 0.712. The van der Waals surface area contributed by atoms with E-state index in [0.29, 0.717) is 11.8 Å². The van der Waals surface area contributed by atoms with Crippen molar-refractivity contribution < 1.29 is 8.94 Å². The third-order valence-corrected chi connectivity index (χ3v) is 3.69. The number of piperazine rings is 1. The average Bonchev–Trinajstić information content (AvgIpc) is 3.10. The molecule has 0 N–H and O–H groups in total. The Balaban J connectivity index is 1.46. The Bertz CT molecular complexity index is 571. The fraction of sp³-hybridized carbons (Fsp3) is 0.643. The quantitative estimate of drug-likeness (QED) is 0.820. The topological polar surface area (TPSA) is 71.4 Å². The van der Waals surface area contributed by atoms with Crippen molar-refractivity contribution in [1.82, 2.24) is 25.2 Å². The summed E-state index contributed by atoms with van der Waals surface area (Å²) in [6.45, 7) is 9.54. The summed E-state index contributed by atoms with van der Waals surface area (Å²) in [7, 11) is 0. The van der Waals surface area contributed by atoms with E-state index in [1.54, 1.807) is 0 Å². The summed E-state index contributed by atoms with van der Waals surface area (Å²) in [5, 5.41) is 12.0. The number of aromatic nitrogens is 3. The fourth-order valence-corrected chi connectivity index (χ4v) is 2.50. The molecule has 2 aromatic heterocycles. The number of aryl methyl sites for hydroxylation is 2. The molecule has 0 aromatic carbocycles. The van der Waals surface area contributed by atoms with Crippen molar-refractivity contribution in [1.29, 1.82) is 0 Å². The van der Waals surface area contributed by atoms with Crippen LogP contribution in [0.2, 0.25) is 0 Å². The SMILES string of the molecule is CCc1nnc(CN2CCN(Cc3cc(C)no3)CC2)o1. The summed E-state index contributed by atoms with van der Waals surface area (Å²) < 4.78 is 10.8. The molecule has 0 atom stereocenters. The molecule has 0 unspecified atom stereocenters. The maximum atomic E-state index is 5.56. The largest absolute Gasteiger partial charge is 0.424 e. The standard InChI is InChI=1S/C14H21N5O2/c1-3-13-15-16-14(20-13)10-19-6-4-18(5-7-19)9-12-8-11(2)17-21-12/h8H,3-7,9-10H2,1-2H3. The van der Waals surface area contributed by atoms with Crippen LogP contribution in [0.5, 0.6) is 0 Å². The van der Waals surface area contributed by atoms with Crippen LogP contribution in [-0.2, 0) is 19.5 Å². The van der Waals surface area contributed by atoms with Crippen molar-refractivity contribution in [3.8, 4) is 0 Å². The zero-order chi connectivity index (χ0) is 14.7. The Kier molecular flexibility index (Phi) is 4.31. The molecule has 3 rings (SSSR count). The number of nitrogens with zero attached hydrogens (tertiary/aromatic N) is 5. The molecule has 0 radical (unpaired) electrons. The van der Waals surface area contributed by atoms with E-state index in [4.69, 9.17) is 8.94 Å². The van der Waals surface area contributed by atoms with Crippen LogP contribution in [0.4, 0.5) is 0 Å². The van der Waals surface area contributed by atoms with Gasteiger partial charge in [-0.25, -0.2) is 0 Å². The lowest BCUT2D eigenvalue weighted by atomic mass is 10.3. The molecule has 1 aliphatic rings. The average molecular weight is 291 g/mol. The van der Waals surface area contributed by atoms with Crippen molar-refractivity contribution in [3.63, 3.8) is 0 Å². The summed E-state index contributed by atoms with van der Waals surface area (Å²) in [6, 6.07) is 2.00. The summed E-state index contributed by atoms with van der Waals surface area (Å²) in [4.78, 5) is 4.72. The molecular weight excluding hydrogens is 270 g/mol. The van der Waals surface area contributed by atoms with Crippen molar-refractivity contribution in [2.45, 2.75) is 33.4 Å². The molecule has 1 fully saturated rings. The van der Waals surface area contributed by atoms with Crippen LogP contribution in [0, 0.1) is 6.92 Å². The smallest absolute Gasteiger partial charge is 0.230 e. The molecule has 2 aromatic rings. The summed E-state index contributed by atoms with van der Waals surface area (Å²) in [6.07, 6.45) is 0.789. The first-order valence-electron chi connectivity index (χ1n) is 7.41. The van der Waals surface area contributed by atoms with E-state index in [2.05, 4.69) is 25.2 Å². The summed E-state index contributed by atoms with van der Waals surface area (Å²) >= 11 is 0. The zero-order valence-corrected chi connectivity index (χ0v) is 12.6. The predicted octanol–water partition coefficient (Wildman–Crippen LogP) is 1.25. The van der Waals surface area contributed by atoms with Crippen molar-refractivity contribution in [2.24, 2.45) is 0 Å². The van der Waals surface area contributed by atoms with E-state index < -0.39 is 0 Å². The van der Waals surface area contributed by atoms with Crippen molar-refractivity contribution in [2.75, 3.05) is 26.2 Å². The third-order valence-electron chi connectivity index (χ3n) is 3.69. The van der Waals surface area contributed by atoms with E-state index in [1.165, 1.54) is 0 Å². The molecule has 3 heterocycles. The lowest BCUT2D eigenvalue weighted by Crippen LogP contribution is -2.45. The monoisotopic (exact) mass is 291 g/mol. The molecule has 7 heteroatoms. The maximum absolute atomic E-state index is 5.56. The fourth-order valence-electron chi connectivity index (χ4n) is 2.50. The Hall–Kier alpha value is -1.73. The summed E-state index contributed by atoms with van der Waals surface area (Å²) in [5.74, 6) is 2.36. The van der Waals surface area contributed by atoms with Gasteiger partial charge < -0.3 is 8.94 Å². The second kappa shape index (κ2) is 6.36. The molecule has 0 saturated carbocycles. The highest BCUT2D eigenvalue weighted by Crippen LogP contribution is 2.12. The van der Waals surface area contributed by atoms with Gasteiger partial charge in [-0.05, 0) is 6.92 Å². The van der Waals surface area contributed by atoms with Gasteiger partial charge in [0, 0.05) is 38.7 Å². The van der Waals surface area contributed by atoms with Crippen LogP contribution in [0.25, 0.3) is 0 Å². The van der Waals surface area contributed by atoms with E-state index in [-0.39, 0.29) is 0 Å². The first kappa shape index (κ1) is 14.2. The van der Waals surface area contributed by atoms with Crippen LogP contribution >= 0.6 is 0 Å². The van der Waals surface area contributed by atoms with Gasteiger partial charge in [-0.2, -0.15) is 0 Å². The molecule has 21 heavy (non-hydrogen) atoms. The first-order chi connectivity index (χ1) is 10.2. The second-order valence-electron chi connectivity index (χ2n) is 5.43. The van der Waals surface area contributed by atoms with Crippen LogP contribution in [0.3, 0.4) is 0 Å². The highest BCUT2D eigenvalue weighted by atomic mass is 16.5. The molecule has 114 valence electrons. The Morgan fingerprint density at radius 2 is 1.71 bits per heavy atom. The Labute approximate surface area is 123 Å². The second-order valence-corrected chi connectivity index (χ2v) is 5.43. The van der Waals surface area contributed by atoms with Crippen LogP contribution < -0.4 is 0 Å². The predicted molar refractivity (Wildman–Crippen MR) is 75.5 cm³/mol. The number of hydrogen-bond donors (Lipinski definition) is 0. The van der Waals surface area contributed by atoms with Crippen LogP contribution in [0.1, 0.15) is 30.2 Å². The minimum absolute atomic E-state index is 0.712. The number of rotatable bonds is 5. The molecular formula is C14H21N5O2. The van der Waals surface area contributed by atoms with Crippen LogP contribution in [-0.4, -0.2) is 51.3 Å². The molecule has 1 saturated heterocycles. The van der Waals surface area contributed by atoms with Crippen molar-refractivity contribution >= 4 is 0 Å². The molecule has 0 aliphatic carbocycles. The van der Waals surface area contributed by atoms with Gasteiger partial charge in [0.1, 0.15) is 0 Å². The van der Waals surface area contributed by atoms with Gasteiger partial charge in [-0.3, -0.25) is 9.80 Å². The van der Waals surface area contributed by atoms with Gasteiger partial charge in [0.25, 0.3) is 0 Å². The van der Waals surface area contributed by atoms with Gasteiger partial charge in [-0.1, -0.05) is 12.1 Å². The van der Waals surface area contributed by atoms with E-state index in [0.717, 1.165) is 57.1 Å². The number of hydrogen-bond acceptors (Lipinski definition) is 7. The molecule has 0 amide bonds. The molecule has 0 spiro atoms. The molecule has 0 bridgehead atoms. The van der Waals surface area contributed by atoms with Crippen LogP contribution in [0.15, 0.2) is 15.0 Å². The first-order valence-corrected chi connectivity index (χ1v) is 7.41. The highest BCUT2D eigenvalue weighted by Gasteiger charge is 2.20. The minimum Gasteiger partial charge on any atom is -0.424 e. The lowest BCUT2D eigenvalue weighted by Gasteiger charge is -2.33. The zero-order valence-electron chi connectivity index (χ0n) is 12.6. The van der Waals surface area contributed by atoms with E-state index >= 15 is 0 Å². The third kappa shape index (κ3) is 3.68. The Morgan fingerprint density at radius 1 is 1.05 bits per heavy atom. The van der Waals surface area contributed by atoms with E-state index in [9.17, 15) is 0 Å².